The Morgan fingerprint density at radius 2 is 1.78 bits per heavy atom. The molecule has 0 aliphatic carbocycles. The highest BCUT2D eigenvalue weighted by atomic mass is 32.2. The van der Waals surface area contributed by atoms with Crippen molar-refractivity contribution >= 4 is 23.4 Å². The van der Waals surface area contributed by atoms with E-state index in [2.05, 4.69) is 20.7 Å². The van der Waals surface area contributed by atoms with Gasteiger partial charge in [-0.1, -0.05) is 25.1 Å². The number of nitrogens with one attached hydrogen (secondary N) is 2. The van der Waals surface area contributed by atoms with Crippen molar-refractivity contribution in [2.24, 2.45) is 5.10 Å². The van der Waals surface area contributed by atoms with Crippen LogP contribution in [-0.4, -0.2) is 39.3 Å². The number of hydrogen-bond acceptors (Lipinski definition) is 6. The smallest absolute Gasteiger partial charge is 0.342 e. The standard InChI is InChI=1S/C27H27N5O3S/c1-3-24(19-10-14-22(33)15-11-19)28-29-25(34)18-36-27-31-30-26(20-8-6-5-7-9-20)32(27)21-12-16-23(17-13-21)35-4-2/h5-17H,3-4,18H2,1-2H3,(H2,28,29,33,34)/p+1. The van der Waals surface area contributed by atoms with Gasteiger partial charge in [0.25, 0.3) is 11.7 Å². The number of ether oxygens (including phenoxy) is 1. The van der Waals surface area contributed by atoms with E-state index in [1.54, 1.807) is 24.3 Å². The predicted molar refractivity (Wildman–Crippen MR) is 141 cm³/mol. The van der Waals surface area contributed by atoms with Gasteiger partial charge < -0.3 is 9.84 Å². The molecule has 0 saturated carbocycles. The lowest BCUT2D eigenvalue weighted by Gasteiger charge is -2.07. The lowest BCUT2D eigenvalue weighted by Crippen LogP contribution is -2.34. The maximum Gasteiger partial charge on any atom is 0.342 e. The summed E-state index contributed by atoms with van der Waals surface area (Å²) in [6.45, 7) is 4.50. The molecule has 1 amide bonds. The molecule has 0 bridgehead atoms. The minimum absolute atomic E-state index is 0.131. The number of carbonyl (C=O) groups excluding carboxylic acids is 1. The summed E-state index contributed by atoms with van der Waals surface area (Å²) in [6, 6.07) is 24.4. The molecule has 0 aliphatic heterocycles. The number of phenolic OH excluding ortho intramolecular Hbond substituents is 1. The lowest BCUT2D eigenvalue weighted by atomic mass is 10.1. The van der Waals surface area contributed by atoms with E-state index in [-0.39, 0.29) is 17.4 Å². The molecule has 184 valence electrons. The summed E-state index contributed by atoms with van der Waals surface area (Å²) < 4.78 is 7.57. The van der Waals surface area contributed by atoms with E-state index in [4.69, 9.17) is 4.74 Å². The van der Waals surface area contributed by atoms with E-state index in [9.17, 15) is 9.90 Å². The third-order valence-corrected chi connectivity index (χ3v) is 6.25. The Bertz CT molecular complexity index is 1320. The average molecular weight is 503 g/mol. The lowest BCUT2D eigenvalue weighted by molar-refractivity contribution is -0.625. The van der Waals surface area contributed by atoms with Gasteiger partial charge in [0.2, 0.25) is 0 Å². The first-order valence-corrected chi connectivity index (χ1v) is 12.6. The molecule has 0 fully saturated rings. The molecule has 0 saturated heterocycles. The average Bonchev–Trinajstić information content (AvgIpc) is 3.34. The second-order valence-electron chi connectivity index (χ2n) is 7.77. The molecule has 0 aliphatic rings. The van der Waals surface area contributed by atoms with Gasteiger partial charge in [-0.05, 0) is 91.3 Å². The SMILES string of the molecule is CCOc1ccc(-[n+]2c(SCC(=O)N/N=C(\CC)c3ccc(O)cc3)n[nH]c2-c2ccccc2)cc1. The molecule has 4 rings (SSSR count). The van der Waals surface area contributed by atoms with Gasteiger partial charge in [0.05, 0.1) is 28.7 Å². The zero-order chi connectivity index (χ0) is 25.3. The fourth-order valence-corrected chi connectivity index (χ4v) is 4.34. The van der Waals surface area contributed by atoms with Gasteiger partial charge in [0.15, 0.2) is 0 Å². The van der Waals surface area contributed by atoms with Crippen LogP contribution in [0.5, 0.6) is 11.5 Å². The summed E-state index contributed by atoms with van der Waals surface area (Å²) in [6.07, 6.45) is 0.635. The zero-order valence-electron chi connectivity index (χ0n) is 20.1. The number of hydrogen-bond donors (Lipinski definition) is 3. The molecule has 0 unspecified atom stereocenters. The molecule has 3 N–H and O–H groups in total. The first-order valence-electron chi connectivity index (χ1n) is 11.7. The fraction of sp³-hybridized carbons (Fsp3) is 0.185. The zero-order valence-corrected chi connectivity index (χ0v) is 21.0. The number of H-pyrrole nitrogens is 1. The van der Waals surface area contributed by atoms with Crippen LogP contribution in [0.25, 0.3) is 17.1 Å². The third kappa shape index (κ3) is 6.11. The van der Waals surface area contributed by atoms with Crippen molar-refractivity contribution in [3.05, 3.63) is 84.4 Å². The third-order valence-electron chi connectivity index (χ3n) is 5.31. The van der Waals surface area contributed by atoms with Crippen molar-refractivity contribution in [1.29, 1.82) is 0 Å². The van der Waals surface area contributed by atoms with Crippen LogP contribution in [0.15, 0.2) is 89.1 Å². The molecule has 0 spiro atoms. The number of carbonyl (C=O) groups is 1. The molecule has 9 heteroatoms. The van der Waals surface area contributed by atoms with Crippen LogP contribution in [0.1, 0.15) is 25.8 Å². The molecular weight excluding hydrogens is 474 g/mol. The minimum atomic E-state index is -0.243. The first kappa shape index (κ1) is 25.0. The summed E-state index contributed by atoms with van der Waals surface area (Å²) >= 11 is 1.31. The van der Waals surface area contributed by atoms with Gasteiger partial charge in [-0.15, -0.1) is 5.10 Å². The van der Waals surface area contributed by atoms with Crippen LogP contribution in [0.4, 0.5) is 0 Å². The Kier molecular flexibility index (Phi) is 8.36. The molecule has 0 radical (unpaired) electrons. The Morgan fingerprint density at radius 1 is 1.06 bits per heavy atom. The van der Waals surface area contributed by atoms with Crippen molar-refractivity contribution in [1.82, 2.24) is 15.6 Å². The maximum absolute atomic E-state index is 12.6. The summed E-state index contributed by atoms with van der Waals surface area (Å²) in [5, 5.41) is 22.0. The number of aromatic hydroxyl groups is 1. The second-order valence-corrected chi connectivity index (χ2v) is 8.71. The van der Waals surface area contributed by atoms with Crippen molar-refractivity contribution in [3.63, 3.8) is 0 Å². The number of thioether (sulfide) groups is 1. The number of aromatic amines is 1. The number of aromatic nitrogens is 3. The highest BCUT2D eigenvalue weighted by Crippen LogP contribution is 2.21. The maximum atomic E-state index is 12.6. The molecule has 8 nitrogen and oxygen atoms in total. The van der Waals surface area contributed by atoms with Gasteiger partial charge in [-0.25, -0.2) is 5.43 Å². The van der Waals surface area contributed by atoms with E-state index in [1.807, 2.05) is 73.0 Å². The quantitative estimate of drug-likeness (QED) is 0.128. The fourth-order valence-electron chi connectivity index (χ4n) is 3.57. The first-order chi connectivity index (χ1) is 17.6. The Labute approximate surface area is 214 Å². The summed E-state index contributed by atoms with van der Waals surface area (Å²) in [5.74, 6) is 1.67. The van der Waals surface area contributed by atoms with E-state index in [1.165, 1.54) is 11.8 Å². The predicted octanol–water partition coefficient (Wildman–Crippen LogP) is 4.48. The number of benzene rings is 3. The Balaban J connectivity index is 1.53. The van der Waals surface area contributed by atoms with Gasteiger partial charge in [0, 0.05) is 0 Å². The monoisotopic (exact) mass is 502 g/mol. The van der Waals surface area contributed by atoms with Gasteiger partial charge in [0.1, 0.15) is 17.2 Å². The van der Waals surface area contributed by atoms with Crippen molar-refractivity contribution in [3.8, 4) is 28.6 Å². The molecule has 1 heterocycles. The van der Waals surface area contributed by atoms with Crippen LogP contribution in [0, 0.1) is 0 Å². The van der Waals surface area contributed by atoms with E-state index < -0.39 is 0 Å². The van der Waals surface area contributed by atoms with E-state index in [0.717, 1.165) is 34.1 Å². The van der Waals surface area contributed by atoms with Crippen LogP contribution in [0.3, 0.4) is 0 Å². The Morgan fingerprint density at radius 3 is 2.44 bits per heavy atom. The van der Waals surface area contributed by atoms with E-state index >= 15 is 0 Å². The normalized spacial score (nSPS) is 11.3. The van der Waals surface area contributed by atoms with Crippen molar-refractivity contribution in [2.75, 3.05) is 12.4 Å². The topological polar surface area (TPSA) is 103 Å². The highest BCUT2D eigenvalue weighted by molar-refractivity contribution is 7.99. The van der Waals surface area contributed by atoms with E-state index in [0.29, 0.717) is 18.2 Å². The molecule has 0 atom stereocenters. The van der Waals surface area contributed by atoms with Crippen LogP contribution in [-0.2, 0) is 4.79 Å². The highest BCUT2D eigenvalue weighted by Gasteiger charge is 2.24. The van der Waals surface area contributed by atoms with Crippen LogP contribution >= 0.6 is 11.8 Å². The Hall–Kier alpha value is -4.11. The number of nitrogens with zero attached hydrogens (tertiary/aromatic N) is 3. The largest absolute Gasteiger partial charge is 0.508 e. The van der Waals surface area contributed by atoms with Crippen LogP contribution < -0.4 is 14.7 Å². The number of phenols is 1. The number of rotatable bonds is 10. The van der Waals surface area contributed by atoms with Crippen LogP contribution in [0.2, 0.25) is 0 Å². The van der Waals surface area contributed by atoms with Gasteiger partial charge >= 0.3 is 5.16 Å². The van der Waals surface area contributed by atoms with Gasteiger partial charge in [-0.2, -0.15) is 9.67 Å². The van der Waals surface area contributed by atoms with Gasteiger partial charge in [-0.3, -0.25) is 4.79 Å². The van der Waals surface area contributed by atoms with Crippen molar-refractivity contribution in [2.45, 2.75) is 25.4 Å². The summed E-state index contributed by atoms with van der Waals surface area (Å²) in [4.78, 5) is 12.6. The molecule has 1 aromatic heterocycles. The number of amides is 1. The molecule has 4 aromatic rings. The summed E-state index contributed by atoms with van der Waals surface area (Å²) in [7, 11) is 0. The second kappa shape index (κ2) is 12.0. The molecule has 36 heavy (non-hydrogen) atoms. The minimum Gasteiger partial charge on any atom is -0.508 e. The number of hydrazone groups is 1. The molecule has 3 aromatic carbocycles. The van der Waals surface area contributed by atoms with Crippen molar-refractivity contribution < 1.29 is 19.2 Å². The summed E-state index contributed by atoms with van der Waals surface area (Å²) in [5.41, 5.74) is 6.08. The molecular formula is C27H28N5O3S+.